The largest absolute Gasteiger partial charge is 0.398 e. The molecule has 0 aliphatic carbocycles. The first-order valence-corrected chi connectivity index (χ1v) is 7.10. The van der Waals surface area contributed by atoms with Crippen molar-refractivity contribution in [1.29, 1.82) is 0 Å². The standard InChI is InChI=1S/C14H17N3S/c1-10-9-18-14(16-10)5-6-17-7-11-3-2-4-13(15)12(11)8-17/h2-4,9H,5-8,15H2,1H3. The van der Waals surface area contributed by atoms with Crippen LogP contribution < -0.4 is 5.73 Å². The lowest BCUT2D eigenvalue weighted by atomic mass is 10.1. The van der Waals surface area contributed by atoms with Crippen LogP contribution in [0.2, 0.25) is 0 Å². The van der Waals surface area contributed by atoms with Gasteiger partial charge in [0.15, 0.2) is 0 Å². The second kappa shape index (κ2) is 4.71. The van der Waals surface area contributed by atoms with E-state index in [4.69, 9.17) is 5.73 Å². The maximum Gasteiger partial charge on any atom is 0.0940 e. The Bertz CT molecular complexity index is 562. The molecule has 1 aromatic carbocycles. The van der Waals surface area contributed by atoms with Crippen LogP contribution in [0.15, 0.2) is 23.6 Å². The molecule has 0 saturated carbocycles. The Morgan fingerprint density at radius 1 is 1.39 bits per heavy atom. The summed E-state index contributed by atoms with van der Waals surface area (Å²) < 4.78 is 0. The normalized spacial score (nSPS) is 14.9. The molecular weight excluding hydrogens is 242 g/mol. The van der Waals surface area contributed by atoms with Gasteiger partial charge in [0.25, 0.3) is 0 Å². The van der Waals surface area contributed by atoms with Crippen molar-refractivity contribution in [2.75, 3.05) is 12.3 Å². The Labute approximate surface area is 111 Å². The molecule has 2 heterocycles. The Morgan fingerprint density at radius 3 is 3.00 bits per heavy atom. The first-order chi connectivity index (χ1) is 8.72. The first-order valence-electron chi connectivity index (χ1n) is 6.22. The molecule has 0 atom stereocenters. The number of rotatable bonds is 3. The van der Waals surface area contributed by atoms with Gasteiger partial charge in [0.2, 0.25) is 0 Å². The van der Waals surface area contributed by atoms with Crippen LogP contribution in [-0.2, 0) is 19.5 Å². The molecule has 2 aromatic rings. The van der Waals surface area contributed by atoms with E-state index >= 15 is 0 Å². The zero-order valence-electron chi connectivity index (χ0n) is 10.5. The average Bonchev–Trinajstić information content (AvgIpc) is 2.93. The zero-order valence-corrected chi connectivity index (χ0v) is 11.3. The van der Waals surface area contributed by atoms with E-state index in [0.717, 1.165) is 37.4 Å². The lowest BCUT2D eigenvalue weighted by molar-refractivity contribution is 0.288. The van der Waals surface area contributed by atoms with Crippen LogP contribution in [-0.4, -0.2) is 16.4 Å². The molecule has 94 valence electrons. The third-order valence-electron chi connectivity index (χ3n) is 3.39. The van der Waals surface area contributed by atoms with Crippen molar-refractivity contribution in [2.24, 2.45) is 0 Å². The first kappa shape index (κ1) is 11.7. The van der Waals surface area contributed by atoms with Crippen LogP contribution in [0.3, 0.4) is 0 Å². The fourth-order valence-electron chi connectivity index (χ4n) is 2.45. The lowest BCUT2D eigenvalue weighted by Crippen LogP contribution is -2.19. The Hall–Kier alpha value is -1.39. The quantitative estimate of drug-likeness (QED) is 0.862. The van der Waals surface area contributed by atoms with Crippen LogP contribution in [0.1, 0.15) is 21.8 Å². The monoisotopic (exact) mass is 259 g/mol. The number of aromatic nitrogens is 1. The van der Waals surface area contributed by atoms with Crippen molar-refractivity contribution >= 4 is 17.0 Å². The number of benzene rings is 1. The highest BCUT2D eigenvalue weighted by atomic mass is 32.1. The minimum Gasteiger partial charge on any atom is -0.398 e. The van der Waals surface area contributed by atoms with Crippen molar-refractivity contribution in [1.82, 2.24) is 9.88 Å². The highest BCUT2D eigenvalue weighted by molar-refractivity contribution is 7.09. The van der Waals surface area contributed by atoms with E-state index in [1.165, 1.54) is 16.1 Å². The molecule has 1 aliphatic rings. The predicted octanol–water partition coefficient (Wildman–Crippen LogP) is 2.59. The van der Waals surface area contributed by atoms with E-state index in [0.29, 0.717) is 0 Å². The van der Waals surface area contributed by atoms with Gasteiger partial charge in [-0.15, -0.1) is 11.3 Å². The molecule has 3 rings (SSSR count). The minimum atomic E-state index is 0.931. The Morgan fingerprint density at radius 2 is 2.28 bits per heavy atom. The smallest absolute Gasteiger partial charge is 0.0940 e. The van der Waals surface area contributed by atoms with Crippen molar-refractivity contribution in [3.8, 4) is 0 Å². The molecule has 0 fully saturated rings. The third kappa shape index (κ3) is 2.26. The van der Waals surface area contributed by atoms with Gasteiger partial charge in [-0.2, -0.15) is 0 Å². The summed E-state index contributed by atoms with van der Waals surface area (Å²) in [6.45, 7) is 5.10. The molecule has 0 saturated heterocycles. The molecule has 1 aromatic heterocycles. The minimum absolute atomic E-state index is 0.931. The summed E-state index contributed by atoms with van der Waals surface area (Å²) in [5, 5.41) is 3.35. The van der Waals surface area contributed by atoms with Gasteiger partial charge in [0.1, 0.15) is 0 Å². The van der Waals surface area contributed by atoms with Gasteiger partial charge in [-0.25, -0.2) is 4.98 Å². The fourth-order valence-corrected chi connectivity index (χ4v) is 3.21. The van der Waals surface area contributed by atoms with E-state index in [1.807, 2.05) is 19.1 Å². The number of anilines is 1. The zero-order chi connectivity index (χ0) is 12.5. The molecule has 2 N–H and O–H groups in total. The van der Waals surface area contributed by atoms with Gasteiger partial charge in [-0.1, -0.05) is 12.1 Å². The maximum atomic E-state index is 6.01. The van der Waals surface area contributed by atoms with Gasteiger partial charge in [-0.3, -0.25) is 4.90 Å². The molecule has 3 nitrogen and oxygen atoms in total. The Kier molecular flexibility index (Phi) is 3.06. The molecule has 1 aliphatic heterocycles. The molecule has 18 heavy (non-hydrogen) atoms. The van der Waals surface area contributed by atoms with E-state index in [2.05, 4.69) is 21.3 Å². The highest BCUT2D eigenvalue weighted by Crippen LogP contribution is 2.27. The second-order valence-electron chi connectivity index (χ2n) is 4.83. The van der Waals surface area contributed by atoms with Crippen LogP contribution in [0.5, 0.6) is 0 Å². The lowest BCUT2D eigenvalue weighted by Gasteiger charge is -2.13. The molecule has 0 unspecified atom stereocenters. The number of hydrogen-bond acceptors (Lipinski definition) is 4. The molecule has 4 heteroatoms. The van der Waals surface area contributed by atoms with Crippen LogP contribution in [0.4, 0.5) is 5.69 Å². The second-order valence-corrected chi connectivity index (χ2v) is 5.77. The number of nitrogen functional groups attached to an aromatic ring is 1. The molecule has 0 radical (unpaired) electrons. The van der Waals surface area contributed by atoms with Gasteiger partial charge in [0, 0.05) is 42.8 Å². The fraction of sp³-hybridized carbons (Fsp3) is 0.357. The average molecular weight is 259 g/mol. The van der Waals surface area contributed by atoms with E-state index in [9.17, 15) is 0 Å². The molecule has 0 bridgehead atoms. The molecule has 0 spiro atoms. The van der Waals surface area contributed by atoms with Crippen LogP contribution in [0.25, 0.3) is 0 Å². The predicted molar refractivity (Wildman–Crippen MR) is 75.5 cm³/mol. The summed E-state index contributed by atoms with van der Waals surface area (Å²) in [6, 6.07) is 6.22. The van der Waals surface area contributed by atoms with Crippen molar-refractivity contribution in [3.63, 3.8) is 0 Å². The van der Waals surface area contributed by atoms with E-state index in [1.54, 1.807) is 11.3 Å². The van der Waals surface area contributed by atoms with Crippen molar-refractivity contribution < 1.29 is 0 Å². The number of aryl methyl sites for hydroxylation is 1. The summed E-state index contributed by atoms with van der Waals surface area (Å²) in [6.07, 6.45) is 1.03. The van der Waals surface area contributed by atoms with Crippen LogP contribution >= 0.6 is 11.3 Å². The summed E-state index contributed by atoms with van der Waals surface area (Å²) in [7, 11) is 0. The number of thiazole rings is 1. The molecular formula is C14H17N3S. The third-order valence-corrected chi connectivity index (χ3v) is 4.42. The Balaban J connectivity index is 1.63. The summed E-state index contributed by atoms with van der Waals surface area (Å²) in [5.41, 5.74) is 10.8. The summed E-state index contributed by atoms with van der Waals surface area (Å²) >= 11 is 1.76. The SMILES string of the molecule is Cc1csc(CCN2Cc3cccc(N)c3C2)n1. The highest BCUT2D eigenvalue weighted by Gasteiger charge is 2.20. The number of nitrogens with zero attached hydrogens (tertiary/aromatic N) is 2. The molecule has 0 amide bonds. The number of fused-ring (bicyclic) bond motifs is 1. The number of hydrogen-bond donors (Lipinski definition) is 1. The van der Waals surface area contributed by atoms with Gasteiger partial charge >= 0.3 is 0 Å². The van der Waals surface area contributed by atoms with E-state index < -0.39 is 0 Å². The van der Waals surface area contributed by atoms with E-state index in [-0.39, 0.29) is 0 Å². The topological polar surface area (TPSA) is 42.1 Å². The summed E-state index contributed by atoms with van der Waals surface area (Å²) in [4.78, 5) is 6.95. The van der Waals surface area contributed by atoms with Crippen molar-refractivity contribution in [2.45, 2.75) is 26.4 Å². The van der Waals surface area contributed by atoms with Crippen LogP contribution in [0, 0.1) is 6.92 Å². The van der Waals surface area contributed by atoms with Gasteiger partial charge < -0.3 is 5.73 Å². The van der Waals surface area contributed by atoms with Gasteiger partial charge in [-0.05, 0) is 24.1 Å². The summed E-state index contributed by atoms with van der Waals surface area (Å²) in [5.74, 6) is 0. The maximum absolute atomic E-state index is 6.01. The van der Waals surface area contributed by atoms with Crippen molar-refractivity contribution in [3.05, 3.63) is 45.4 Å². The van der Waals surface area contributed by atoms with Gasteiger partial charge in [0.05, 0.1) is 5.01 Å². The number of nitrogens with two attached hydrogens (primary N) is 1.